The van der Waals surface area contributed by atoms with Crippen molar-refractivity contribution in [1.29, 1.82) is 0 Å². The number of rotatable bonds is 4. The third kappa shape index (κ3) is 7.62. The van der Waals surface area contributed by atoms with Gasteiger partial charge in [0.15, 0.2) is 0 Å². The summed E-state index contributed by atoms with van der Waals surface area (Å²) in [5, 5.41) is 0. The largest absolute Gasteiger partial charge is 0.494 e. The first kappa shape index (κ1) is 13.0. The van der Waals surface area contributed by atoms with Crippen LogP contribution in [0.25, 0.3) is 0 Å². The summed E-state index contributed by atoms with van der Waals surface area (Å²) in [6.45, 7) is 5.69. The second kappa shape index (κ2) is 10.1. The van der Waals surface area contributed by atoms with Crippen molar-refractivity contribution < 1.29 is 4.74 Å². The molecule has 0 bridgehead atoms. The van der Waals surface area contributed by atoms with E-state index in [0.717, 1.165) is 18.9 Å². The van der Waals surface area contributed by atoms with Gasteiger partial charge in [0.25, 0.3) is 0 Å². The third-order valence-electron chi connectivity index (χ3n) is 1.61. The summed E-state index contributed by atoms with van der Waals surface area (Å²) in [6, 6.07) is 9.80. The van der Waals surface area contributed by atoms with E-state index in [-0.39, 0.29) is 0 Å². The summed E-state index contributed by atoms with van der Waals surface area (Å²) in [6.07, 6.45) is 2.39. The molecule has 1 rings (SSSR count). The van der Waals surface area contributed by atoms with Gasteiger partial charge < -0.3 is 10.5 Å². The Morgan fingerprint density at radius 1 is 1.14 bits per heavy atom. The number of unbranched alkanes of at least 4 members (excludes halogenated alkanes) is 1. The topological polar surface area (TPSA) is 35.2 Å². The van der Waals surface area contributed by atoms with Crippen LogP contribution >= 0.6 is 0 Å². The quantitative estimate of drug-likeness (QED) is 0.801. The van der Waals surface area contributed by atoms with Crippen LogP contribution in [-0.2, 0) is 0 Å². The smallest absolute Gasteiger partial charge is 0.119 e. The van der Waals surface area contributed by atoms with Gasteiger partial charge in [0.1, 0.15) is 5.75 Å². The van der Waals surface area contributed by atoms with E-state index in [2.05, 4.69) is 6.92 Å². The molecule has 0 amide bonds. The molecule has 1 aromatic carbocycles. The fourth-order valence-corrected chi connectivity index (χ4v) is 0.888. The Balaban J connectivity index is 0.000000292. The molecule has 0 aliphatic heterocycles. The monoisotopic (exact) mass is 195 g/mol. The second-order valence-corrected chi connectivity index (χ2v) is 2.89. The van der Waals surface area contributed by atoms with Crippen LogP contribution in [0, 0.1) is 0 Å². The van der Waals surface area contributed by atoms with Crippen LogP contribution < -0.4 is 10.5 Å². The highest BCUT2D eigenvalue weighted by molar-refractivity contribution is 5.20. The van der Waals surface area contributed by atoms with E-state index in [1.54, 1.807) is 0 Å². The van der Waals surface area contributed by atoms with Gasteiger partial charge in [-0.2, -0.15) is 0 Å². The van der Waals surface area contributed by atoms with Crippen molar-refractivity contribution >= 4 is 0 Å². The minimum Gasteiger partial charge on any atom is -0.494 e. The van der Waals surface area contributed by atoms with E-state index < -0.39 is 0 Å². The molecule has 0 spiro atoms. The van der Waals surface area contributed by atoms with Crippen LogP contribution in [0.4, 0.5) is 0 Å². The van der Waals surface area contributed by atoms with Gasteiger partial charge in [-0.15, -0.1) is 0 Å². The SMILES string of the molecule is CCCCN.CCOc1ccccc1. The Kier molecular flexibility index (Phi) is 9.33. The predicted molar refractivity (Wildman–Crippen MR) is 61.6 cm³/mol. The highest BCUT2D eigenvalue weighted by Gasteiger charge is 1.83. The second-order valence-electron chi connectivity index (χ2n) is 2.89. The van der Waals surface area contributed by atoms with Crippen LogP contribution in [0.1, 0.15) is 26.7 Å². The van der Waals surface area contributed by atoms with E-state index in [4.69, 9.17) is 10.5 Å². The molecule has 0 aliphatic carbocycles. The molecular weight excluding hydrogens is 174 g/mol. The normalized spacial score (nSPS) is 8.79. The minimum absolute atomic E-state index is 0.740. The van der Waals surface area contributed by atoms with Crippen molar-refractivity contribution in [2.75, 3.05) is 13.2 Å². The molecule has 0 unspecified atom stereocenters. The Morgan fingerprint density at radius 2 is 1.79 bits per heavy atom. The van der Waals surface area contributed by atoms with E-state index in [1.165, 1.54) is 12.8 Å². The maximum Gasteiger partial charge on any atom is 0.119 e. The fraction of sp³-hybridized carbons (Fsp3) is 0.500. The Morgan fingerprint density at radius 3 is 2.14 bits per heavy atom. The minimum atomic E-state index is 0.740. The molecule has 0 fully saturated rings. The number of benzene rings is 1. The van der Waals surface area contributed by atoms with Gasteiger partial charge in [-0.1, -0.05) is 31.5 Å². The number of nitrogens with two attached hydrogens (primary N) is 1. The Labute approximate surface area is 87.1 Å². The van der Waals surface area contributed by atoms with Gasteiger partial charge in [0, 0.05) is 0 Å². The maximum absolute atomic E-state index is 5.21. The fourth-order valence-electron chi connectivity index (χ4n) is 0.888. The first-order valence-corrected chi connectivity index (χ1v) is 5.23. The molecule has 2 N–H and O–H groups in total. The Bertz CT molecular complexity index is 197. The molecule has 1 aromatic rings. The van der Waals surface area contributed by atoms with Crippen LogP contribution in [0.15, 0.2) is 30.3 Å². The number of hydrogen-bond donors (Lipinski definition) is 1. The molecule has 0 radical (unpaired) electrons. The van der Waals surface area contributed by atoms with E-state index >= 15 is 0 Å². The first-order chi connectivity index (χ1) is 6.85. The summed E-state index contributed by atoms with van der Waals surface area (Å²) in [5.74, 6) is 0.944. The lowest BCUT2D eigenvalue weighted by molar-refractivity contribution is 0.340. The van der Waals surface area contributed by atoms with Crippen molar-refractivity contribution in [3.05, 3.63) is 30.3 Å². The van der Waals surface area contributed by atoms with Crippen molar-refractivity contribution in [3.63, 3.8) is 0 Å². The highest BCUT2D eigenvalue weighted by Crippen LogP contribution is 2.06. The number of hydrogen-bond acceptors (Lipinski definition) is 2. The van der Waals surface area contributed by atoms with Crippen LogP contribution in [0.5, 0.6) is 5.75 Å². The lowest BCUT2D eigenvalue weighted by Crippen LogP contribution is -1.95. The van der Waals surface area contributed by atoms with E-state index in [0.29, 0.717) is 0 Å². The average molecular weight is 195 g/mol. The zero-order valence-corrected chi connectivity index (χ0v) is 9.20. The van der Waals surface area contributed by atoms with Gasteiger partial charge in [-0.3, -0.25) is 0 Å². The summed E-state index contributed by atoms with van der Waals surface area (Å²) >= 11 is 0. The lowest BCUT2D eigenvalue weighted by atomic mass is 10.3. The molecule has 0 atom stereocenters. The van der Waals surface area contributed by atoms with Crippen LogP contribution in [-0.4, -0.2) is 13.2 Å². The van der Waals surface area contributed by atoms with Gasteiger partial charge in [0.05, 0.1) is 6.61 Å². The zero-order valence-electron chi connectivity index (χ0n) is 9.20. The molecule has 2 nitrogen and oxygen atoms in total. The number of ether oxygens (including phenoxy) is 1. The van der Waals surface area contributed by atoms with Crippen molar-refractivity contribution in [3.8, 4) is 5.75 Å². The first-order valence-electron chi connectivity index (χ1n) is 5.23. The third-order valence-corrected chi connectivity index (χ3v) is 1.61. The van der Waals surface area contributed by atoms with Gasteiger partial charge in [-0.25, -0.2) is 0 Å². The molecule has 0 heterocycles. The zero-order chi connectivity index (χ0) is 10.6. The molecule has 0 aliphatic rings. The Hall–Kier alpha value is -1.02. The highest BCUT2D eigenvalue weighted by atomic mass is 16.5. The van der Waals surface area contributed by atoms with Gasteiger partial charge in [0.2, 0.25) is 0 Å². The predicted octanol–water partition coefficient (Wildman–Crippen LogP) is 2.83. The maximum atomic E-state index is 5.21. The summed E-state index contributed by atoms with van der Waals surface area (Å²) < 4.78 is 5.21. The molecule has 14 heavy (non-hydrogen) atoms. The molecule has 0 saturated heterocycles. The van der Waals surface area contributed by atoms with Crippen molar-refractivity contribution in [1.82, 2.24) is 0 Å². The summed E-state index contributed by atoms with van der Waals surface area (Å²) in [5.41, 5.74) is 5.14. The molecule has 80 valence electrons. The number of para-hydroxylation sites is 1. The molecule has 2 heteroatoms. The molecule has 0 saturated carbocycles. The van der Waals surface area contributed by atoms with Crippen molar-refractivity contribution in [2.24, 2.45) is 5.73 Å². The van der Waals surface area contributed by atoms with E-state index in [9.17, 15) is 0 Å². The lowest BCUT2D eigenvalue weighted by Gasteiger charge is -1.99. The van der Waals surface area contributed by atoms with Crippen LogP contribution in [0.2, 0.25) is 0 Å². The van der Waals surface area contributed by atoms with Gasteiger partial charge in [-0.05, 0) is 32.0 Å². The standard InChI is InChI=1S/C8H10O.C4H11N/c1-2-9-8-6-4-3-5-7-8;1-2-3-4-5/h3-7H,2H2,1H3;2-5H2,1H3. The van der Waals surface area contributed by atoms with Gasteiger partial charge >= 0.3 is 0 Å². The average Bonchev–Trinajstić information content (AvgIpc) is 2.22. The van der Waals surface area contributed by atoms with Crippen molar-refractivity contribution in [2.45, 2.75) is 26.7 Å². The summed E-state index contributed by atoms with van der Waals surface area (Å²) in [4.78, 5) is 0. The van der Waals surface area contributed by atoms with E-state index in [1.807, 2.05) is 37.3 Å². The molecule has 0 aromatic heterocycles. The molecular formula is C12H21NO. The van der Waals surface area contributed by atoms with Crippen LogP contribution in [0.3, 0.4) is 0 Å². The summed E-state index contributed by atoms with van der Waals surface area (Å²) in [7, 11) is 0.